The van der Waals surface area contributed by atoms with Gasteiger partial charge in [0.15, 0.2) is 4.96 Å². The van der Waals surface area contributed by atoms with Crippen LogP contribution in [0.1, 0.15) is 5.69 Å². The number of thiazole rings is 1. The van der Waals surface area contributed by atoms with Gasteiger partial charge in [-0.15, -0.1) is 11.3 Å². The Balaban J connectivity index is 1.77. The second-order valence-corrected chi connectivity index (χ2v) is 5.73. The van der Waals surface area contributed by atoms with Crippen molar-refractivity contribution in [2.45, 2.75) is 6.42 Å². The number of carbonyl (C=O) groups is 1. The lowest BCUT2D eigenvalue weighted by atomic mass is 10.2. The van der Waals surface area contributed by atoms with Gasteiger partial charge in [0.1, 0.15) is 0 Å². The molecule has 0 atom stereocenters. The predicted octanol–water partition coefficient (Wildman–Crippen LogP) is 2.37. The van der Waals surface area contributed by atoms with E-state index in [1.54, 1.807) is 18.4 Å². The number of ether oxygens (including phenoxy) is 1. The fourth-order valence-corrected chi connectivity index (χ4v) is 3.10. The summed E-state index contributed by atoms with van der Waals surface area (Å²) in [5.41, 5.74) is 2.95. The number of hydrogen-bond donors (Lipinski definition) is 1. The van der Waals surface area contributed by atoms with Crippen LogP contribution in [-0.4, -0.2) is 35.6 Å². The first-order valence-electron chi connectivity index (χ1n) is 7.04. The lowest BCUT2D eigenvalue weighted by Crippen LogP contribution is -2.28. The molecule has 0 unspecified atom stereocenters. The summed E-state index contributed by atoms with van der Waals surface area (Å²) in [6, 6.07) is 10.0. The van der Waals surface area contributed by atoms with Crippen LogP contribution in [-0.2, 0) is 16.0 Å². The van der Waals surface area contributed by atoms with E-state index < -0.39 is 0 Å². The molecule has 0 aliphatic carbocycles. The number of fused-ring (bicyclic) bond motifs is 1. The molecule has 3 rings (SSSR count). The van der Waals surface area contributed by atoms with Gasteiger partial charge in [-0.05, 0) is 0 Å². The number of nitrogens with one attached hydrogen (secondary N) is 1. The van der Waals surface area contributed by atoms with Gasteiger partial charge in [-0.2, -0.15) is 0 Å². The van der Waals surface area contributed by atoms with Crippen LogP contribution in [0, 0.1) is 0 Å². The van der Waals surface area contributed by atoms with E-state index in [0.717, 1.165) is 21.9 Å². The molecule has 5 nitrogen and oxygen atoms in total. The monoisotopic (exact) mass is 315 g/mol. The van der Waals surface area contributed by atoms with Crippen molar-refractivity contribution >= 4 is 22.2 Å². The molecule has 22 heavy (non-hydrogen) atoms. The van der Waals surface area contributed by atoms with Gasteiger partial charge in [0.25, 0.3) is 0 Å². The minimum absolute atomic E-state index is 0.00767. The van der Waals surface area contributed by atoms with E-state index in [1.807, 2.05) is 46.3 Å². The maximum atomic E-state index is 11.9. The summed E-state index contributed by atoms with van der Waals surface area (Å²) in [7, 11) is 1.62. The molecule has 0 fully saturated rings. The number of benzene rings is 1. The second-order valence-electron chi connectivity index (χ2n) is 4.89. The van der Waals surface area contributed by atoms with Crippen LogP contribution in [0.5, 0.6) is 0 Å². The molecule has 1 aromatic carbocycles. The first-order chi connectivity index (χ1) is 10.8. The fraction of sp³-hybridized carbons (Fsp3) is 0.250. The van der Waals surface area contributed by atoms with Gasteiger partial charge in [-0.1, -0.05) is 30.3 Å². The average Bonchev–Trinajstić information content (AvgIpc) is 3.11. The van der Waals surface area contributed by atoms with Crippen molar-refractivity contribution in [3.63, 3.8) is 0 Å². The third kappa shape index (κ3) is 3.18. The Labute approximate surface area is 132 Å². The minimum atomic E-state index is -0.00767. The van der Waals surface area contributed by atoms with Crippen molar-refractivity contribution in [2.24, 2.45) is 0 Å². The Morgan fingerprint density at radius 1 is 1.36 bits per heavy atom. The molecule has 0 aliphatic rings. The molecule has 1 N–H and O–H groups in total. The van der Waals surface area contributed by atoms with E-state index in [2.05, 4.69) is 10.3 Å². The Morgan fingerprint density at radius 2 is 2.18 bits per heavy atom. The van der Waals surface area contributed by atoms with Crippen molar-refractivity contribution in [1.29, 1.82) is 0 Å². The highest BCUT2D eigenvalue weighted by Crippen LogP contribution is 2.23. The summed E-state index contributed by atoms with van der Waals surface area (Å²) in [4.78, 5) is 17.4. The van der Waals surface area contributed by atoms with E-state index in [1.165, 1.54) is 0 Å². The Hall–Kier alpha value is -2.18. The normalized spacial score (nSPS) is 11.0. The van der Waals surface area contributed by atoms with Crippen molar-refractivity contribution in [3.8, 4) is 11.3 Å². The van der Waals surface area contributed by atoms with Gasteiger partial charge in [0.05, 0.1) is 18.7 Å². The highest BCUT2D eigenvalue weighted by atomic mass is 32.1. The van der Waals surface area contributed by atoms with Crippen LogP contribution in [0.25, 0.3) is 16.2 Å². The highest BCUT2D eigenvalue weighted by Gasteiger charge is 2.12. The third-order valence-electron chi connectivity index (χ3n) is 3.32. The van der Waals surface area contributed by atoms with Gasteiger partial charge in [-0.3, -0.25) is 9.20 Å². The van der Waals surface area contributed by atoms with E-state index in [0.29, 0.717) is 19.6 Å². The van der Waals surface area contributed by atoms with Gasteiger partial charge in [0.2, 0.25) is 5.91 Å². The maximum Gasteiger partial charge on any atom is 0.226 e. The zero-order chi connectivity index (χ0) is 15.4. The number of carbonyl (C=O) groups excluding carboxylic acids is 1. The standard InChI is InChI=1S/C16H17N3O2S/c1-21-8-7-17-15(20)9-13-11-22-16-18-14(10-19(13)16)12-5-3-2-4-6-12/h2-6,10-11H,7-9H2,1H3,(H,17,20). The predicted molar refractivity (Wildman–Crippen MR) is 87.1 cm³/mol. The SMILES string of the molecule is COCCNC(=O)Cc1csc2nc(-c3ccccc3)cn12. The first kappa shape index (κ1) is 14.7. The summed E-state index contributed by atoms with van der Waals surface area (Å²) in [5, 5.41) is 4.81. The molecule has 0 saturated heterocycles. The van der Waals surface area contributed by atoms with E-state index in [9.17, 15) is 4.79 Å². The van der Waals surface area contributed by atoms with Gasteiger partial charge in [-0.25, -0.2) is 4.98 Å². The van der Waals surface area contributed by atoms with Crippen LogP contribution in [0.2, 0.25) is 0 Å². The Bertz CT molecular complexity index is 764. The number of amides is 1. The van der Waals surface area contributed by atoms with Crippen LogP contribution < -0.4 is 5.32 Å². The molecule has 1 amide bonds. The van der Waals surface area contributed by atoms with Crippen LogP contribution >= 0.6 is 11.3 Å². The highest BCUT2D eigenvalue weighted by molar-refractivity contribution is 7.15. The molecular weight excluding hydrogens is 298 g/mol. The van der Waals surface area contributed by atoms with Crippen LogP contribution in [0.4, 0.5) is 0 Å². The molecular formula is C16H17N3O2S. The quantitative estimate of drug-likeness (QED) is 0.711. The number of hydrogen-bond acceptors (Lipinski definition) is 4. The number of aromatic nitrogens is 2. The molecule has 6 heteroatoms. The van der Waals surface area contributed by atoms with Crippen molar-refractivity contribution in [2.75, 3.05) is 20.3 Å². The lowest BCUT2D eigenvalue weighted by Gasteiger charge is -2.03. The smallest absolute Gasteiger partial charge is 0.226 e. The van der Waals surface area contributed by atoms with E-state index >= 15 is 0 Å². The first-order valence-corrected chi connectivity index (χ1v) is 7.92. The third-order valence-corrected chi connectivity index (χ3v) is 4.21. The van der Waals surface area contributed by atoms with Crippen molar-refractivity contribution in [3.05, 3.63) is 47.6 Å². The minimum Gasteiger partial charge on any atom is -0.383 e. The maximum absolute atomic E-state index is 11.9. The summed E-state index contributed by atoms with van der Waals surface area (Å²) < 4.78 is 6.91. The lowest BCUT2D eigenvalue weighted by molar-refractivity contribution is -0.120. The average molecular weight is 315 g/mol. The Morgan fingerprint density at radius 3 is 2.95 bits per heavy atom. The Kier molecular flexibility index (Phi) is 4.50. The summed E-state index contributed by atoms with van der Waals surface area (Å²) >= 11 is 1.55. The molecule has 114 valence electrons. The van der Waals surface area contributed by atoms with Crippen LogP contribution in [0.3, 0.4) is 0 Å². The van der Waals surface area contributed by atoms with Gasteiger partial charge in [0, 0.05) is 36.5 Å². The molecule has 2 heterocycles. The van der Waals surface area contributed by atoms with Gasteiger partial charge < -0.3 is 10.1 Å². The molecule has 0 aliphatic heterocycles. The zero-order valence-corrected chi connectivity index (χ0v) is 13.1. The summed E-state index contributed by atoms with van der Waals surface area (Å²) in [6.45, 7) is 1.05. The summed E-state index contributed by atoms with van der Waals surface area (Å²) in [5.74, 6) is -0.00767. The zero-order valence-electron chi connectivity index (χ0n) is 12.3. The molecule has 0 spiro atoms. The molecule has 0 radical (unpaired) electrons. The fourth-order valence-electron chi connectivity index (χ4n) is 2.22. The molecule has 0 saturated carbocycles. The number of nitrogens with zero attached hydrogens (tertiary/aromatic N) is 2. The molecule has 2 aromatic heterocycles. The second kappa shape index (κ2) is 6.72. The largest absolute Gasteiger partial charge is 0.383 e. The van der Waals surface area contributed by atoms with E-state index in [4.69, 9.17) is 4.74 Å². The van der Waals surface area contributed by atoms with Crippen molar-refractivity contribution in [1.82, 2.24) is 14.7 Å². The number of methoxy groups -OCH3 is 1. The topological polar surface area (TPSA) is 55.6 Å². The summed E-state index contributed by atoms with van der Waals surface area (Å²) in [6.07, 6.45) is 2.33. The number of rotatable bonds is 6. The van der Waals surface area contributed by atoms with Crippen LogP contribution in [0.15, 0.2) is 41.9 Å². The number of imidazole rings is 1. The van der Waals surface area contributed by atoms with Crippen molar-refractivity contribution < 1.29 is 9.53 Å². The molecule has 0 bridgehead atoms. The van der Waals surface area contributed by atoms with E-state index in [-0.39, 0.29) is 5.91 Å². The molecule has 3 aromatic rings. The van der Waals surface area contributed by atoms with Gasteiger partial charge >= 0.3 is 0 Å².